The van der Waals surface area contributed by atoms with Crippen LogP contribution in [0.25, 0.3) is 11.3 Å². The molecule has 0 amide bonds. The van der Waals surface area contributed by atoms with Crippen LogP contribution in [0.3, 0.4) is 0 Å². The fraction of sp³-hybridized carbons (Fsp3) is 0.571. The maximum absolute atomic E-state index is 12.6. The topological polar surface area (TPSA) is 63.6 Å². The number of anilines is 1. The van der Waals surface area contributed by atoms with E-state index in [2.05, 4.69) is 19.5 Å². The van der Waals surface area contributed by atoms with Gasteiger partial charge in [-0.25, -0.2) is 9.97 Å². The van der Waals surface area contributed by atoms with Crippen LogP contribution in [0.1, 0.15) is 31.0 Å². The first-order chi connectivity index (χ1) is 14.7. The molecule has 7 nitrogen and oxygen atoms in total. The second-order valence-corrected chi connectivity index (χ2v) is 8.09. The fourth-order valence-corrected chi connectivity index (χ4v) is 4.15. The molecule has 0 radical (unpaired) electrons. The monoisotopic (exact) mass is 417 g/mol. The van der Waals surface area contributed by atoms with E-state index in [-0.39, 0.29) is 5.75 Å². The van der Waals surface area contributed by atoms with Crippen LogP contribution in [0, 0.1) is 0 Å². The molecule has 4 heterocycles. The lowest BCUT2D eigenvalue weighted by molar-refractivity contribution is -0.0500. The van der Waals surface area contributed by atoms with Gasteiger partial charge < -0.3 is 14.4 Å². The Morgan fingerprint density at radius 2 is 1.87 bits per heavy atom. The summed E-state index contributed by atoms with van der Waals surface area (Å²) in [5.41, 5.74) is 1.35. The van der Waals surface area contributed by atoms with E-state index in [1.165, 1.54) is 12.6 Å². The zero-order valence-corrected chi connectivity index (χ0v) is 16.7. The average molecular weight is 417 g/mol. The first-order valence-corrected chi connectivity index (χ1v) is 10.5. The molecule has 3 aliphatic rings. The van der Waals surface area contributed by atoms with E-state index in [1.807, 2.05) is 6.07 Å². The SMILES string of the molecule is FC(F)Oc1cncc(-c2cc(N3CC(N4CCOCC4)C3)nc(C3CCC3)n2)c1. The standard InChI is InChI=1S/C21H25F2N5O2/c22-21(23)30-17-8-15(10-24-11-17)18-9-19(26-20(25-18)14-2-1-3-14)28-12-16(13-28)27-4-6-29-7-5-27/h8-11,14,16,21H,1-7,12-13H2. The molecule has 2 saturated heterocycles. The van der Waals surface area contributed by atoms with Gasteiger partial charge in [0.1, 0.15) is 17.4 Å². The summed E-state index contributed by atoms with van der Waals surface area (Å²) in [5.74, 6) is 2.13. The summed E-state index contributed by atoms with van der Waals surface area (Å²) in [6.45, 7) is 2.51. The molecule has 0 unspecified atom stereocenters. The molecule has 5 rings (SSSR count). The summed E-state index contributed by atoms with van der Waals surface area (Å²) in [6.07, 6.45) is 6.28. The predicted molar refractivity (Wildman–Crippen MR) is 107 cm³/mol. The molecule has 30 heavy (non-hydrogen) atoms. The quantitative estimate of drug-likeness (QED) is 0.716. The molecule has 160 valence electrons. The average Bonchev–Trinajstić information content (AvgIpc) is 2.66. The number of hydrogen-bond acceptors (Lipinski definition) is 7. The van der Waals surface area contributed by atoms with E-state index in [1.54, 1.807) is 12.3 Å². The highest BCUT2D eigenvalue weighted by Crippen LogP contribution is 2.37. The Morgan fingerprint density at radius 3 is 2.57 bits per heavy atom. The molecule has 2 aromatic heterocycles. The van der Waals surface area contributed by atoms with Crippen molar-refractivity contribution in [3.63, 3.8) is 0 Å². The van der Waals surface area contributed by atoms with Gasteiger partial charge in [0.05, 0.1) is 25.1 Å². The normalized spacial score (nSPS) is 20.8. The molecule has 2 aromatic rings. The van der Waals surface area contributed by atoms with E-state index >= 15 is 0 Å². The molecule has 0 aromatic carbocycles. The van der Waals surface area contributed by atoms with Crippen molar-refractivity contribution in [3.05, 3.63) is 30.4 Å². The van der Waals surface area contributed by atoms with Crippen LogP contribution in [-0.4, -0.2) is 71.9 Å². The molecule has 0 N–H and O–H groups in total. The molecule has 1 aliphatic carbocycles. The molecule has 2 aliphatic heterocycles. The van der Waals surface area contributed by atoms with Gasteiger partial charge in [0.15, 0.2) is 0 Å². The van der Waals surface area contributed by atoms with Crippen molar-refractivity contribution < 1.29 is 18.3 Å². The largest absolute Gasteiger partial charge is 0.433 e. The highest BCUT2D eigenvalue weighted by molar-refractivity contribution is 5.64. The van der Waals surface area contributed by atoms with Crippen LogP contribution < -0.4 is 9.64 Å². The molecule has 1 saturated carbocycles. The second-order valence-electron chi connectivity index (χ2n) is 8.09. The molecule has 3 fully saturated rings. The third kappa shape index (κ3) is 4.09. The van der Waals surface area contributed by atoms with E-state index in [9.17, 15) is 8.78 Å². The van der Waals surface area contributed by atoms with Crippen molar-refractivity contribution in [2.45, 2.75) is 37.8 Å². The van der Waals surface area contributed by atoms with Crippen molar-refractivity contribution in [2.75, 3.05) is 44.3 Å². The minimum absolute atomic E-state index is 0.0317. The van der Waals surface area contributed by atoms with Crippen LogP contribution >= 0.6 is 0 Å². The first-order valence-electron chi connectivity index (χ1n) is 10.5. The third-order valence-electron chi connectivity index (χ3n) is 6.18. The summed E-state index contributed by atoms with van der Waals surface area (Å²) in [4.78, 5) is 18.4. The number of alkyl halides is 2. The van der Waals surface area contributed by atoms with Crippen LogP contribution in [-0.2, 0) is 4.74 Å². The summed E-state index contributed by atoms with van der Waals surface area (Å²) in [7, 11) is 0. The fourth-order valence-electron chi connectivity index (χ4n) is 4.15. The van der Waals surface area contributed by atoms with Gasteiger partial charge in [-0.2, -0.15) is 8.78 Å². The van der Waals surface area contributed by atoms with E-state index < -0.39 is 6.61 Å². The lowest BCUT2D eigenvalue weighted by atomic mass is 9.84. The van der Waals surface area contributed by atoms with Crippen molar-refractivity contribution >= 4 is 5.82 Å². The van der Waals surface area contributed by atoms with Crippen molar-refractivity contribution in [1.82, 2.24) is 19.9 Å². The lowest BCUT2D eigenvalue weighted by Gasteiger charge is -2.47. The van der Waals surface area contributed by atoms with Gasteiger partial charge in [-0.05, 0) is 18.9 Å². The van der Waals surface area contributed by atoms with Crippen LogP contribution in [0.15, 0.2) is 24.5 Å². The Kier molecular flexibility index (Phi) is 5.47. The van der Waals surface area contributed by atoms with E-state index in [0.717, 1.165) is 63.9 Å². The van der Waals surface area contributed by atoms with Gasteiger partial charge in [-0.3, -0.25) is 9.88 Å². The lowest BCUT2D eigenvalue weighted by Crippen LogP contribution is -2.61. The number of ether oxygens (including phenoxy) is 2. The smallest absolute Gasteiger partial charge is 0.387 e. The Bertz CT molecular complexity index is 883. The zero-order chi connectivity index (χ0) is 20.5. The third-order valence-corrected chi connectivity index (χ3v) is 6.18. The first kappa shape index (κ1) is 19.6. The number of halogens is 2. The van der Waals surface area contributed by atoms with Gasteiger partial charge in [0.2, 0.25) is 0 Å². The molecule has 9 heteroatoms. The van der Waals surface area contributed by atoms with Crippen LogP contribution in [0.5, 0.6) is 5.75 Å². The van der Waals surface area contributed by atoms with Gasteiger partial charge >= 0.3 is 6.61 Å². The van der Waals surface area contributed by atoms with E-state index in [4.69, 9.17) is 14.7 Å². The highest BCUT2D eigenvalue weighted by Gasteiger charge is 2.34. The van der Waals surface area contributed by atoms with Gasteiger partial charge in [-0.1, -0.05) is 6.42 Å². The minimum atomic E-state index is -2.88. The number of aromatic nitrogens is 3. The zero-order valence-electron chi connectivity index (χ0n) is 16.7. The maximum Gasteiger partial charge on any atom is 0.387 e. The Labute approximate surface area is 174 Å². The second kappa shape index (κ2) is 8.39. The van der Waals surface area contributed by atoms with E-state index in [0.29, 0.717) is 23.2 Å². The Balaban J connectivity index is 1.38. The summed E-state index contributed by atoms with van der Waals surface area (Å²) < 4.78 is 35.2. The molecule has 0 bridgehead atoms. The van der Waals surface area contributed by atoms with Crippen molar-refractivity contribution in [3.8, 4) is 17.0 Å². The van der Waals surface area contributed by atoms with Crippen LogP contribution in [0.4, 0.5) is 14.6 Å². The molecular formula is C21H25F2N5O2. The summed E-state index contributed by atoms with van der Waals surface area (Å²) in [6, 6.07) is 4.01. The number of morpholine rings is 1. The minimum Gasteiger partial charge on any atom is -0.433 e. The predicted octanol–water partition coefficient (Wildman–Crippen LogP) is 2.93. The molecular weight excluding hydrogens is 392 g/mol. The molecule has 0 spiro atoms. The Hall–Kier alpha value is -2.39. The van der Waals surface area contributed by atoms with Gasteiger partial charge in [-0.15, -0.1) is 0 Å². The summed E-state index contributed by atoms with van der Waals surface area (Å²) in [5, 5.41) is 0. The van der Waals surface area contributed by atoms with Gasteiger partial charge in [0.25, 0.3) is 0 Å². The van der Waals surface area contributed by atoms with Crippen LogP contribution in [0.2, 0.25) is 0 Å². The number of rotatable bonds is 6. The summed E-state index contributed by atoms with van der Waals surface area (Å²) >= 11 is 0. The van der Waals surface area contributed by atoms with Gasteiger partial charge in [0, 0.05) is 56.0 Å². The number of hydrogen-bond donors (Lipinski definition) is 0. The highest BCUT2D eigenvalue weighted by atomic mass is 19.3. The maximum atomic E-state index is 12.6. The van der Waals surface area contributed by atoms with Crippen molar-refractivity contribution in [1.29, 1.82) is 0 Å². The number of nitrogens with zero attached hydrogens (tertiary/aromatic N) is 5. The molecule has 0 atom stereocenters. The number of pyridine rings is 1. The van der Waals surface area contributed by atoms with Crippen molar-refractivity contribution in [2.24, 2.45) is 0 Å². The Morgan fingerprint density at radius 1 is 1.07 bits per heavy atom.